The fourth-order valence-corrected chi connectivity index (χ4v) is 4.34. The topological polar surface area (TPSA) is 54.8 Å². The Morgan fingerprint density at radius 3 is 2.76 bits per heavy atom. The zero-order valence-electron chi connectivity index (χ0n) is 17.0. The van der Waals surface area contributed by atoms with Gasteiger partial charge in [0.1, 0.15) is 5.75 Å². The van der Waals surface area contributed by atoms with Crippen LogP contribution >= 0.6 is 0 Å². The van der Waals surface area contributed by atoms with E-state index < -0.39 is 0 Å². The Kier molecular flexibility index (Phi) is 6.09. The van der Waals surface area contributed by atoms with Crippen LogP contribution in [0.15, 0.2) is 54.7 Å². The summed E-state index contributed by atoms with van der Waals surface area (Å²) >= 11 is 0. The maximum atomic E-state index is 10.7. The van der Waals surface area contributed by atoms with Gasteiger partial charge in [0, 0.05) is 49.8 Å². The lowest BCUT2D eigenvalue weighted by Crippen LogP contribution is -2.21. The van der Waals surface area contributed by atoms with Gasteiger partial charge >= 0.3 is 0 Å². The molecule has 0 bridgehead atoms. The summed E-state index contributed by atoms with van der Waals surface area (Å²) in [4.78, 5) is 6.78. The monoisotopic (exact) mass is 392 g/mol. The number of hydrogen-bond acceptors (Lipinski definition) is 5. The summed E-state index contributed by atoms with van der Waals surface area (Å²) in [5.74, 6) is 1.07. The average Bonchev–Trinajstić information content (AvgIpc) is 3.07. The molecule has 0 spiro atoms. The molecule has 0 unspecified atom stereocenters. The van der Waals surface area contributed by atoms with Crippen molar-refractivity contribution in [2.75, 3.05) is 27.3 Å². The number of methoxy groups -OCH3 is 2. The van der Waals surface area contributed by atoms with E-state index in [0.717, 1.165) is 36.3 Å². The summed E-state index contributed by atoms with van der Waals surface area (Å²) in [6, 6.07) is 16.5. The van der Waals surface area contributed by atoms with Gasteiger partial charge in [-0.25, -0.2) is 0 Å². The molecule has 2 aromatic carbocycles. The quantitative estimate of drug-likeness (QED) is 0.668. The van der Waals surface area contributed by atoms with Crippen molar-refractivity contribution in [3.8, 4) is 5.75 Å². The van der Waals surface area contributed by atoms with E-state index in [0.29, 0.717) is 13.2 Å². The van der Waals surface area contributed by atoms with Crippen LogP contribution in [0, 0.1) is 5.92 Å². The molecular formula is C24H28N2O3. The first kappa shape index (κ1) is 19.8. The first-order chi connectivity index (χ1) is 14.2. The van der Waals surface area contributed by atoms with Gasteiger partial charge in [-0.3, -0.25) is 9.88 Å². The number of hydrogen-bond donors (Lipinski definition) is 1. The fourth-order valence-electron chi connectivity index (χ4n) is 4.34. The second-order valence-electron chi connectivity index (χ2n) is 7.79. The number of para-hydroxylation sites is 1. The molecule has 2 heterocycles. The van der Waals surface area contributed by atoms with Gasteiger partial charge in [-0.05, 0) is 41.8 Å². The number of benzene rings is 2. The minimum absolute atomic E-state index is 0.220. The van der Waals surface area contributed by atoms with E-state index in [2.05, 4.69) is 34.1 Å². The van der Waals surface area contributed by atoms with E-state index >= 15 is 0 Å². The van der Waals surface area contributed by atoms with Crippen LogP contribution in [0.3, 0.4) is 0 Å². The molecule has 3 aromatic rings. The molecule has 2 atom stereocenters. The van der Waals surface area contributed by atoms with Gasteiger partial charge < -0.3 is 14.6 Å². The molecule has 1 N–H and O–H groups in total. The standard InChI is InChI=1S/C24H28N2O3/c1-28-16-20-11-17(7-8-24(20)29-2)13-26-14-19(23(27)15-26)12-18-9-10-25-22-6-4-3-5-21(18)22/h3-11,19,23,27H,12-16H2,1-2H3/t19-,23+/m1/s1. The predicted octanol–water partition coefficient (Wildman–Crippen LogP) is 3.43. The predicted molar refractivity (Wildman–Crippen MR) is 114 cm³/mol. The third-order valence-corrected chi connectivity index (χ3v) is 5.75. The van der Waals surface area contributed by atoms with E-state index in [1.54, 1.807) is 14.2 Å². The van der Waals surface area contributed by atoms with Crippen LogP contribution in [0.4, 0.5) is 0 Å². The number of β-amino-alcohol motifs (C(OH)–C–C–N with tert-alkyl or cyclic N) is 1. The fraction of sp³-hybridized carbons (Fsp3) is 0.375. The number of aromatic nitrogens is 1. The molecule has 0 aliphatic carbocycles. The molecule has 1 aromatic heterocycles. The summed E-state index contributed by atoms with van der Waals surface area (Å²) in [5.41, 5.74) is 4.53. The second kappa shape index (κ2) is 8.91. The molecule has 1 aliphatic rings. The number of pyridine rings is 1. The Morgan fingerprint density at radius 2 is 1.93 bits per heavy atom. The van der Waals surface area contributed by atoms with Crippen LogP contribution in [0.2, 0.25) is 0 Å². The highest BCUT2D eigenvalue weighted by Gasteiger charge is 2.31. The van der Waals surface area contributed by atoms with Crippen LogP contribution in [-0.2, 0) is 24.3 Å². The third-order valence-electron chi connectivity index (χ3n) is 5.75. The van der Waals surface area contributed by atoms with Crippen LogP contribution < -0.4 is 4.74 Å². The molecule has 0 amide bonds. The van der Waals surface area contributed by atoms with Crippen molar-refractivity contribution in [1.82, 2.24) is 9.88 Å². The molecule has 1 aliphatic heterocycles. The summed E-state index contributed by atoms with van der Waals surface area (Å²) in [6.45, 7) is 2.91. The smallest absolute Gasteiger partial charge is 0.124 e. The maximum Gasteiger partial charge on any atom is 0.124 e. The molecule has 5 heteroatoms. The highest BCUT2D eigenvalue weighted by molar-refractivity contribution is 5.81. The average molecular weight is 392 g/mol. The van der Waals surface area contributed by atoms with Crippen molar-refractivity contribution in [3.05, 3.63) is 71.4 Å². The summed E-state index contributed by atoms with van der Waals surface area (Å²) in [7, 11) is 3.37. The number of ether oxygens (including phenoxy) is 2. The highest BCUT2D eigenvalue weighted by atomic mass is 16.5. The first-order valence-electron chi connectivity index (χ1n) is 10.1. The van der Waals surface area contributed by atoms with Gasteiger partial charge in [0.15, 0.2) is 0 Å². The molecule has 29 heavy (non-hydrogen) atoms. The number of fused-ring (bicyclic) bond motifs is 1. The summed E-state index contributed by atoms with van der Waals surface area (Å²) in [6.07, 6.45) is 2.41. The van der Waals surface area contributed by atoms with Gasteiger partial charge in [0.2, 0.25) is 0 Å². The summed E-state index contributed by atoms with van der Waals surface area (Å²) in [5, 5.41) is 11.9. The van der Waals surface area contributed by atoms with Gasteiger partial charge in [-0.1, -0.05) is 24.3 Å². The van der Waals surface area contributed by atoms with E-state index in [1.165, 1.54) is 16.5 Å². The van der Waals surface area contributed by atoms with Gasteiger partial charge in [0.25, 0.3) is 0 Å². The minimum atomic E-state index is -0.321. The van der Waals surface area contributed by atoms with Crippen LogP contribution in [-0.4, -0.2) is 48.4 Å². The number of likely N-dealkylation sites (tertiary alicyclic amines) is 1. The Morgan fingerprint density at radius 1 is 1.07 bits per heavy atom. The number of nitrogens with zero attached hydrogens (tertiary/aromatic N) is 2. The van der Waals surface area contributed by atoms with Crippen LogP contribution in [0.5, 0.6) is 5.75 Å². The summed E-state index contributed by atoms with van der Waals surface area (Å²) < 4.78 is 10.7. The van der Waals surface area contributed by atoms with Gasteiger partial charge in [-0.15, -0.1) is 0 Å². The Balaban J connectivity index is 1.45. The van der Waals surface area contributed by atoms with Crippen molar-refractivity contribution in [3.63, 3.8) is 0 Å². The maximum absolute atomic E-state index is 10.7. The minimum Gasteiger partial charge on any atom is -0.496 e. The molecule has 1 fully saturated rings. The number of aliphatic hydroxyl groups is 1. The Hall–Kier alpha value is -2.47. The third kappa shape index (κ3) is 4.42. The number of aliphatic hydroxyl groups excluding tert-OH is 1. The van der Waals surface area contributed by atoms with Crippen molar-refractivity contribution in [2.45, 2.75) is 25.7 Å². The molecule has 4 rings (SSSR count). The first-order valence-corrected chi connectivity index (χ1v) is 10.1. The van der Waals surface area contributed by atoms with Crippen molar-refractivity contribution in [1.29, 1.82) is 0 Å². The Bertz CT molecular complexity index is 970. The van der Waals surface area contributed by atoms with Crippen molar-refractivity contribution < 1.29 is 14.6 Å². The molecular weight excluding hydrogens is 364 g/mol. The lowest BCUT2D eigenvalue weighted by atomic mass is 9.94. The Labute approximate surface area is 171 Å². The number of rotatable bonds is 7. The van der Waals surface area contributed by atoms with Gasteiger partial charge in [0.05, 0.1) is 25.3 Å². The van der Waals surface area contributed by atoms with E-state index in [4.69, 9.17) is 9.47 Å². The van der Waals surface area contributed by atoms with E-state index in [1.807, 2.05) is 30.5 Å². The van der Waals surface area contributed by atoms with E-state index in [9.17, 15) is 5.11 Å². The molecule has 1 saturated heterocycles. The molecule has 152 valence electrons. The van der Waals surface area contributed by atoms with Crippen LogP contribution in [0.25, 0.3) is 10.9 Å². The molecule has 5 nitrogen and oxygen atoms in total. The largest absolute Gasteiger partial charge is 0.496 e. The molecule has 0 radical (unpaired) electrons. The van der Waals surface area contributed by atoms with Crippen molar-refractivity contribution >= 4 is 10.9 Å². The van der Waals surface area contributed by atoms with Crippen molar-refractivity contribution in [2.24, 2.45) is 5.92 Å². The van der Waals surface area contributed by atoms with Gasteiger partial charge in [-0.2, -0.15) is 0 Å². The lowest BCUT2D eigenvalue weighted by Gasteiger charge is -2.17. The van der Waals surface area contributed by atoms with Crippen LogP contribution in [0.1, 0.15) is 16.7 Å². The van der Waals surface area contributed by atoms with E-state index in [-0.39, 0.29) is 12.0 Å². The SMILES string of the molecule is COCc1cc(CN2C[C@@H](Cc3ccnc4ccccc34)[C@@H](O)C2)ccc1OC. The second-order valence-corrected chi connectivity index (χ2v) is 7.79. The highest BCUT2D eigenvalue weighted by Crippen LogP contribution is 2.27. The lowest BCUT2D eigenvalue weighted by molar-refractivity contribution is 0.141. The normalized spacial score (nSPS) is 19.7. The molecule has 0 saturated carbocycles. The zero-order chi connectivity index (χ0) is 20.2. The zero-order valence-corrected chi connectivity index (χ0v) is 17.0.